The molecule has 0 radical (unpaired) electrons. The van der Waals surface area contributed by atoms with Crippen molar-refractivity contribution in [2.24, 2.45) is 11.7 Å². The quantitative estimate of drug-likeness (QED) is 0.801. The summed E-state index contributed by atoms with van der Waals surface area (Å²) in [5, 5.41) is 2.84. The Hall–Kier alpha value is -1.29. The molecule has 0 aliphatic rings. The van der Waals surface area contributed by atoms with E-state index in [0.29, 0.717) is 0 Å². The van der Waals surface area contributed by atoms with E-state index in [0.717, 1.165) is 12.2 Å². The highest BCUT2D eigenvalue weighted by Crippen LogP contribution is 2.13. The van der Waals surface area contributed by atoms with E-state index >= 15 is 0 Å². The molecule has 4 nitrogen and oxygen atoms in total. The molecule has 0 aliphatic carbocycles. The minimum atomic E-state index is -0.456. The molecule has 4 heteroatoms. The van der Waals surface area contributed by atoms with E-state index in [9.17, 15) is 4.79 Å². The highest BCUT2D eigenvalue weighted by Gasteiger charge is 2.21. The van der Waals surface area contributed by atoms with E-state index < -0.39 is 6.04 Å². The number of hydrogen-bond donors (Lipinski definition) is 2. The Morgan fingerprint density at radius 1 is 1.56 bits per heavy atom. The summed E-state index contributed by atoms with van der Waals surface area (Å²) in [7, 11) is 0. The smallest absolute Gasteiger partial charge is 0.237 e. The van der Waals surface area contributed by atoms with Crippen LogP contribution in [0, 0.1) is 5.92 Å². The summed E-state index contributed by atoms with van der Waals surface area (Å²) in [4.78, 5) is 11.8. The minimum Gasteiger partial charge on any atom is -0.467 e. The zero-order chi connectivity index (χ0) is 12.1. The van der Waals surface area contributed by atoms with Crippen molar-refractivity contribution in [1.82, 2.24) is 5.32 Å². The zero-order valence-corrected chi connectivity index (χ0v) is 10.1. The van der Waals surface area contributed by atoms with Gasteiger partial charge in [0, 0.05) is 0 Å². The fraction of sp³-hybridized carbons (Fsp3) is 0.583. The van der Waals surface area contributed by atoms with Crippen LogP contribution >= 0.6 is 0 Å². The van der Waals surface area contributed by atoms with E-state index in [2.05, 4.69) is 5.32 Å². The van der Waals surface area contributed by atoms with Crippen molar-refractivity contribution in [2.45, 2.75) is 39.3 Å². The molecule has 3 N–H and O–H groups in total. The normalized spacial score (nSPS) is 16.5. The molecule has 2 unspecified atom stereocenters. The summed E-state index contributed by atoms with van der Waals surface area (Å²) in [5.41, 5.74) is 5.83. The third-order valence-electron chi connectivity index (χ3n) is 2.89. The molecule has 0 bridgehead atoms. The van der Waals surface area contributed by atoms with Crippen LogP contribution in [0.5, 0.6) is 0 Å². The zero-order valence-electron chi connectivity index (χ0n) is 10.1. The van der Waals surface area contributed by atoms with Crippen molar-refractivity contribution in [3.05, 3.63) is 24.2 Å². The molecule has 0 saturated carbocycles. The van der Waals surface area contributed by atoms with Crippen molar-refractivity contribution in [2.75, 3.05) is 0 Å². The van der Waals surface area contributed by atoms with Gasteiger partial charge in [0.05, 0.1) is 18.3 Å². The maximum Gasteiger partial charge on any atom is 0.237 e. The Labute approximate surface area is 96.2 Å². The second kappa shape index (κ2) is 5.70. The summed E-state index contributed by atoms with van der Waals surface area (Å²) in [6.45, 7) is 5.87. The number of nitrogens with two attached hydrogens (primary N) is 1. The molecule has 90 valence electrons. The van der Waals surface area contributed by atoms with E-state index in [1.54, 1.807) is 12.3 Å². The first kappa shape index (κ1) is 12.8. The van der Waals surface area contributed by atoms with Crippen LogP contribution in [0.3, 0.4) is 0 Å². The lowest BCUT2D eigenvalue weighted by Crippen LogP contribution is -2.45. The Kier molecular flexibility index (Phi) is 4.55. The van der Waals surface area contributed by atoms with Crippen molar-refractivity contribution in [1.29, 1.82) is 0 Å². The molecule has 0 fully saturated rings. The highest BCUT2D eigenvalue weighted by atomic mass is 16.3. The summed E-state index contributed by atoms with van der Waals surface area (Å²) in [5.74, 6) is 0.798. The summed E-state index contributed by atoms with van der Waals surface area (Å²) >= 11 is 0. The fourth-order valence-corrected chi connectivity index (χ4v) is 1.43. The molecule has 0 saturated heterocycles. The Morgan fingerprint density at radius 3 is 2.75 bits per heavy atom. The van der Waals surface area contributed by atoms with Gasteiger partial charge < -0.3 is 15.5 Å². The monoisotopic (exact) mass is 224 g/mol. The molecule has 1 rings (SSSR count). The highest BCUT2D eigenvalue weighted by molar-refractivity contribution is 5.82. The lowest BCUT2D eigenvalue weighted by molar-refractivity contribution is -0.124. The average molecular weight is 224 g/mol. The van der Waals surface area contributed by atoms with Crippen LogP contribution in [0.25, 0.3) is 0 Å². The molecule has 1 aromatic heterocycles. The number of hydrogen-bond acceptors (Lipinski definition) is 3. The topological polar surface area (TPSA) is 68.3 Å². The van der Waals surface area contributed by atoms with Gasteiger partial charge in [-0.3, -0.25) is 4.79 Å². The first-order valence-electron chi connectivity index (χ1n) is 5.65. The van der Waals surface area contributed by atoms with Gasteiger partial charge in [-0.1, -0.05) is 20.3 Å². The van der Waals surface area contributed by atoms with Gasteiger partial charge in [-0.25, -0.2) is 0 Å². The minimum absolute atomic E-state index is 0.127. The van der Waals surface area contributed by atoms with Crippen LogP contribution in [-0.4, -0.2) is 11.9 Å². The Morgan fingerprint density at radius 2 is 2.25 bits per heavy atom. The number of rotatable bonds is 5. The van der Waals surface area contributed by atoms with Crippen LogP contribution in [0.4, 0.5) is 0 Å². The summed E-state index contributed by atoms with van der Waals surface area (Å²) in [6, 6.07) is 3.03. The second-order valence-corrected chi connectivity index (χ2v) is 4.16. The number of carbonyl (C=O) groups excluding carboxylic acids is 1. The molecule has 0 aliphatic heterocycles. The van der Waals surface area contributed by atoms with E-state index in [4.69, 9.17) is 10.2 Å². The fourth-order valence-electron chi connectivity index (χ4n) is 1.43. The molecule has 1 heterocycles. The standard InChI is InChI=1S/C12H20N2O2/c1-4-8(2)11(13)12(15)14-9(3)10-6-5-7-16-10/h5-9,11H,4,13H2,1-3H3,(H,14,15)/t8?,9-,11?/m1/s1. The van der Waals surface area contributed by atoms with Crippen LogP contribution in [0.15, 0.2) is 22.8 Å². The van der Waals surface area contributed by atoms with Crippen molar-refractivity contribution >= 4 is 5.91 Å². The largest absolute Gasteiger partial charge is 0.467 e. The summed E-state index contributed by atoms with van der Waals surface area (Å²) in [6.07, 6.45) is 2.48. The molecule has 3 atom stereocenters. The van der Waals surface area contributed by atoms with Gasteiger partial charge >= 0.3 is 0 Å². The lowest BCUT2D eigenvalue weighted by atomic mass is 9.99. The van der Waals surface area contributed by atoms with Crippen molar-refractivity contribution < 1.29 is 9.21 Å². The van der Waals surface area contributed by atoms with Gasteiger partial charge in [0.2, 0.25) is 5.91 Å². The van der Waals surface area contributed by atoms with Crippen LogP contribution in [0.2, 0.25) is 0 Å². The number of carbonyl (C=O) groups is 1. The molecule has 0 aromatic carbocycles. The molecule has 1 aromatic rings. The van der Waals surface area contributed by atoms with Gasteiger partial charge in [0.25, 0.3) is 0 Å². The first-order valence-corrected chi connectivity index (χ1v) is 5.65. The lowest BCUT2D eigenvalue weighted by Gasteiger charge is -2.20. The van der Waals surface area contributed by atoms with Crippen molar-refractivity contribution in [3.8, 4) is 0 Å². The molecular formula is C12H20N2O2. The Bertz CT molecular complexity index is 322. The third kappa shape index (κ3) is 3.10. The van der Waals surface area contributed by atoms with E-state index in [-0.39, 0.29) is 17.9 Å². The van der Waals surface area contributed by atoms with Gasteiger partial charge in [0.15, 0.2) is 0 Å². The molecular weight excluding hydrogens is 204 g/mol. The van der Waals surface area contributed by atoms with Crippen LogP contribution in [0.1, 0.15) is 39.0 Å². The number of furan rings is 1. The summed E-state index contributed by atoms with van der Waals surface area (Å²) < 4.78 is 5.21. The van der Waals surface area contributed by atoms with Gasteiger partial charge in [-0.05, 0) is 25.0 Å². The van der Waals surface area contributed by atoms with E-state index in [1.807, 2.05) is 26.8 Å². The molecule has 0 spiro atoms. The number of amides is 1. The predicted molar refractivity (Wildman–Crippen MR) is 62.7 cm³/mol. The second-order valence-electron chi connectivity index (χ2n) is 4.16. The predicted octanol–water partition coefficient (Wildman–Crippen LogP) is 1.83. The van der Waals surface area contributed by atoms with Gasteiger partial charge in [0.1, 0.15) is 5.76 Å². The first-order chi connectivity index (χ1) is 7.56. The third-order valence-corrected chi connectivity index (χ3v) is 2.89. The number of nitrogens with one attached hydrogen (secondary N) is 1. The van der Waals surface area contributed by atoms with E-state index in [1.165, 1.54) is 0 Å². The molecule has 1 amide bonds. The maximum absolute atomic E-state index is 11.8. The van der Waals surface area contributed by atoms with Gasteiger partial charge in [-0.15, -0.1) is 0 Å². The molecule has 16 heavy (non-hydrogen) atoms. The van der Waals surface area contributed by atoms with Crippen molar-refractivity contribution in [3.63, 3.8) is 0 Å². The van der Waals surface area contributed by atoms with Gasteiger partial charge in [-0.2, -0.15) is 0 Å². The van der Waals surface area contributed by atoms with Crippen LogP contribution < -0.4 is 11.1 Å². The van der Waals surface area contributed by atoms with Crippen LogP contribution in [-0.2, 0) is 4.79 Å². The SMILES string of the molecule is CCC(C)C(N)C(=O)N[C@H](C)c1ccco1. The Balaban J connectivity index is 2.51. The maximum atomic E-state index is 11.8. The average Bonchev–Trinajstić information content (AvgIpc) is 2.80.